The number of anilines is 1. The van der Waals surface area contributed by atoms with Crippen LogP contribution in [0.5, 0.6) is 0 Å². The van der Waals surface area contributed by atoms with E-state index in [0.29, 0.717) is 38.3 Å². The van der Waals surface area contributed by atoms with Crippen LogP contribution in [0.3, 0.4) is 0 Å². The third-order valence-electron chi connectivity index (χ3n) is 5.40. The molecule has 2 heterocycles. The molecule has 3 rings (SSSR count). The first-order chi connectivity index (χ1) is 13.5. The van der Waals surface area contributed by atoms with Gasteiger partial charge < -0.3 is 9.74 Å². The second-order valence-electron chi connectivity index (χ2n) is 8.87. The predicted octanol–water partition coefficient (Wildman–Crippen LogP) is 3.93. The summed E-state index contributed by atoms with van der Waals surface area (Å²) in [5.41, 5.74) is 0.437. The molecule has 8 heteroatoms. The van der Waals surface area contributed by atoms with Crippen molar-refractivity contribution in [1.82, 2.24) is 9.96 Å². The van der Waals surface area contributed by atoms with E-state index in [2.05, 4.69) is 9.80 Å². The second kappa shape index (κ2) is 8.52. The average molecular weight is 413 g/mol. The molecule has 5 nitrogen and oxygen atoms in total. The van der Waals surface area contributed by atoms with E-state index in [0.717, 1.165) is 31.6 Å². The molecule has 162 valence electrons. The monoisotopic (exact) mass is 413 g/mol. The number of alkyl halides is 3. The molecule has 0 atom stereocenters. The van der Waals surface area contributed by atoms with Gasteiger partial charge in [0, 0.05) is 51.5 Å². The minimum Gasteiger partial charge on any atom is -0.371 e. The van der Waals surface area contributed by atoms with Crippen LogP contribution < -0.4 is 4.90 Å². The summed E-state index contributed by atoms with van der Waals surface area (Å²) >= 11 is 0. The summed E-state index contributed by atoms with van der Waals surface area (Å²) in [7, 11) is 0. The Morgan fingerprint density at radius 1 is 1.00 bits per heavy atom. The number of hydrogen-bond donors (Lipinski definition) is 0. The van der Waals surface area contributed by atoms with E-state index in [1.54, 1.807) is 31.9 Å². The molecule has 2 aliphatic heterocycles. The number of hydrogen-bond acceptors (Lipinski definition) is 5. The van der Waals surface area contributed by atoms with Gasteiger partial charge in [-0.15, -0.1) is 5.06 Å². The van der Waals surface area contributed by atoms with Crippen LogP contribution in [0.25, 0.3) is 0 Å². The van der Waals surface area contributed by atoms with Gasteiger partial charge in [-0.3, -0.25) is 4.90 Å². The Morgan fingerprint density at radius 2 is 1.62 bits per heavy atom. The Balaban J connectivity index is 1.67. The SMILES string of the molecule is CC(C)(C)C(=O)ON1CCN(Cc2cc(C(F)(F)F)ccc2N2CCCC2)CC1. The summed E-state index contributed by atoms with van der Waals surface area (Å²) in [6.45, 7) is 9.98. The van der Waals surface area contributed by atoms with Gasteiger partial charge in [-0.25, -0.2) is 4.79 Å². The summed E-state index contributed by atoms with van der Waals surface area (Å²) < 4.78 is 39.7. The molecule has 0 unspecified atom stereocenters. The van der Waals surface area contributed by atoms with Gasteiger partial charge in [0.1, 0.15) is 0 Å². The number of carbonyl (C=O) groups excluding carboxylic acids is 1. The highest BCUT2D eigenvalue weighted by atomic mass is 19.4. The van der Waals surface area contributed by atoms with Gasteiger partial charge in [0.15, 0.2) is 0 Å². The number of halogens is 3. The minimum absolute atomic E-state index is 0.278. The molecule has 2 aliphatic rings. The van der Waals surface area contributed by atoms with E-state index in [-0.39, 0.29) is 5.97 Å². The van der Waals surface area contributed by atoms with Crippen molar-refractivity contribution < 1.29 is 22.8 Å². The van der Waals surface area contributed by atoms with Crippen molar-refractivity contribution in [2.24, 2.45) is 5.41 Å². The average Bonchev–Trinajstić information content (AvgIpc) is 3.16. The number of rotatable bonds is 4. The second-order valence-corrected chi connectivity index (χ2v) is 8.87. The fourth-order valence-corrected chi connectivity index (χ4v) is 3.63. The van der Waals surface area contributed by atoms with Crippen LogP contribution in [0.2, 0.25) is 0 Å². The quantitative estimate of drug-likeness (QED) is 0.748. The summed E-state index contributed by atoms with van der Waals surface area (Å²) in [6, 6.07) is 4.09. The standard InChI is InChI=1S/C21H30F3N3O2/c1-20(2,3)19(28)29-27-12-10-25(11-13-27)15-16-14-17(21(22,23)24)6-7-18(16)26-8-4-5-9-26/h6-7,14H,4-5,8-13,15H2,1-3H3. The number of nitrogens with zero attached hydrogens (tertiary/aromatic N) is 3. The van der Waals surface area contributed by atoms with Crippen molar-refractivity contribution in [3.05, 3.63) is 29.3 Å². The fourth-order valence-electron chi connectivity index (χ4n) is 3.63. The van der Waals surface area contributed by atoms with Gasteiger partial charge in [0.2, 0.25) is 0 Å². The molecule has 0 amide bonds. The summed E-state index contributed by atoms with van der Waals surface area (Å²) in [5, 5.41) is 1.65. The Bertz CT molecular complexity index is 717. The van der Waals surface area contributed by atoms with E-state index in [1.807, 2.05) is 0 Å². The first kappa shape index (κ1) is 21.9. The van der Waals surface area contributed by atoms with Crippen molar-refractivity contribution in [2.75, 3.05) is 44.2 Å². The van der Waals surface area contributed by atoms with Gasteiger partial charge >= 0.3 is 12.1 Å². The number of piperazine rings is 1. The van der Waals surface area contributed by atoms with Crippen molar-refractivity contribution >= 4 is 11.7 Å². The van der Waals surface area contributed by atoms with E-state index in [1.165, 1.54) is 12.1 Å². The molecular formula is C21H30F3N3O2. The molecule has 2 fully saturated rings. The Hall–Kier alpha value is -1.80. The number of hydroxylamine groups is 2. The first-order valence-electron chi connectivity index (χ1n) is 10.2. The molecule has 1 aromatic rings. The van der Waals surface area contributed by atoms with Crippen molar-refractivity contribution in [2.45, 2.75) is 46.3 Å². The highest BCUT2D eigenvalue weighted by molar-refractivity contribution is 5.75. The van der Waals surface area contributed by atoms with Crippen molar-refractivity contribution in [1.29, 1.82) is 0 Å². The third-order valence-corrected chi connectivity index (χ3v) is 5.40. The lowest BCUT2D eigenvalue weighted by atomic mass is 9.98. The number of benzene rings is 1. The highest BCUT2D eigenvalue weighted by Crippen LogP contribution is 2.34. The van der Waals surface area contributed by atoms with Crippen molar-refractivity contribution in [3.8, 4) is 0 Å². The fraction of sp³-hybridized carbons (Fsp3) is 0.667. The Morgan fingerprint density at radius 3 is 2.17 bits per heavy atom. The lowest BCUT2D eigenvalue weighted by Gasteiger charge is -2.35. The maximum Gasteiger partial charge on any atom is 0.416 e. The maximum atomic E-state index is 13.2. The van der Waals surface area contributed by atoms with Crippen LogP contribution in [0.1, 0.15) is 44.7 Å². The summed E-state index contributed by atoms with van der Waals surface area (Å²) in [4.78, 5) is 21.8. The summed E-state index contributed by atoms with van der Waals surface area (Å²) in [5.74, 6) is -0.278. The molecule has 1 aromatic carbocycles. The van der Waals surface area contributed by atoms with Gasteiger partial charge in [-0.1, -0.05) is 0 Å². The van der Waals surface area contributed by atoms with E-state index < -0.39 is 17.2 Å². The molecule has 0 saturated carbocycles. The van der Waals surface area contributed by atoms with Crippen LogP contribution in [-0.4, -0.2) is 55.2 Å². The zero-order valence-electron chi connectivity index (χ0n) is 17.4. The molecule has 0 bridgehead atoms. The van der Waals surface area contributed by atoms with E-state index >= 15 is 0 Å². The van der Waals surface area contributed by atoms with Crippen LogP contribution in [0, 0.1) is 5.41 Å². The topological polar surface area (TPSA) is 36.0 Å². The molecule has 0 aliphatic carbocycles. The van der Waals surface area contributed by atoms with Gasteiger partial charge in [-0.05, 0) is 57.4 Å². The molecule has 0 radical (unpaired) electrons. The molecule has 2 saturated heterocycles. The smallest absolute Gasteiger partial charge is 0.371 e. The molecule has 0 aromatic heterocycles. The minimum atomic E-state index is -4.35. The van der Waals surface area contributed by atoms with Crippen LogP contribution >= 0.6 is 0 Å². The van der Waals surface area contributed by atoms with Crippen LogP contribution in [-0.2, 0) is 22.4 Å². The van der Waals surface area contributed by atoms with Gasteiger partial charge in [0.25, 0.3) is 0 Å². The first-order valence-corrected chi connectivity index (χ1v) is 10.2. The third kappa shape index (κ3) is 5.63. The zero-order valence-corrected chi connectivity index (χ0v) is 17.4. The Kier molecular flexibility index (Phi) is 6.43. The maximum absolute atomic E-state index is 13.2. The normalized spacial score (nSPS) is 19.6. The van der Waals surface area contributed by atoms with Crippen molar-refractivity contribution in [3.63, 3.8) is 0 Å². The lowest BCUT2D eigenvalue weighted by molar-refractivity contribution is -0.207. The van der Waals surface area contributed by atoms with E-state index in [4.69, 9.17) is 4.84 Å². The molecule has 0 spiro atoms. The van der Waals surface area contributed by atoms with Crippen LogP contribution in [0.4, 0.5) is 18.9 Å². The van der Waals surface area contributed by atoms with Crippen LogP contribution in [0.15, 0.2) is 18.2 Å². The lowest BCUT2D eigenvalue weighted by Crippen LogP contribution is -2.47. The highest BCUT2D eigenvalue weighted by Gasteiger charge is 2.32. The number of carbonyl (C=O) groups is 1. The van der Waals surface area contributed by atoms with Gasteiger partial charge in [0.05, 0.1) is 11.0 Å². The predicted molar refractivity (Wildman–Crippen MR) is 105 cm³/mol. The molecule has 0 N–H and O–H groups in total. The Labute approximate surface area is 170 Å². The van der Waals surface area contributed by atoms with E-state index in [9.17, 15) is 18.0 Å². The summed E-state index contributed by atoms with van der Waals surface area (Å²) in [6.07, 6.45) is -2.21. The zero-order chi connectivity index (χ0) is 21.2. The molecule has 29 heavy (non-hydrogen) atoms. The van der Waals surface area contributed by atoms with Gasteiger partial charge in [-0.2, -0.15) is 13.2 Å². The largest absolute Gasteiger partial charge is 0.416 e. The molecular weight excluding hydrogens is 383 g/mol.